The molecule has 1 saturated heterocycles. The number of carbonyl (C=O) groups excluding carboxylic acids is 1. The van der Waals surface area contributed by atoms with Gasteiger partial charge in [-0.15, -0.1) is 0 Å². The Labute approximate surface area is 168 Å². The highest BCUT2D eigenvalue weighted by Crippen LogP contribution is 2.28. The first-order valence-corrected chi connectivity index (χ1v) is 10.9. The number of halogens is 2. The van der Waals surface area contributed by atoms with E-state index in [2.05, 4.69) is 10.2 Å². The summed E-state index contributed by atoms with van der Waals surface area (Å²) in [7, 11) is -3.19. The molecule has 1 amide bonds. The quantitative estimate of drug-likeness (QED) is 0.811. The van der Waals surface area contributed by atoms with Gasteiger partial charge in [-0.2, -0.15) is 4.31 Å². The SMILES string of the molecule is CS(=O)(=O)N1CCN(c2ccccc2NC(=O)c2ccc(Cl)c(Cl)c2)CC1. The van der Waals surface area contributed by atoms with Gasteiger partial charge in [0.1, 0.15) is 0 Å². The zero-order chi connectivity index (χ0) is 19.6. The Morgan fingerprint density at radius 1 is 1.00 bits per heavy atom. The summed E-state index contributed by atoms with van der Waals surface area (Å²) in [6.07, 6.45) is 1.22. The van der Waals surface area contributed by atoms with Crippen molar-refractivity contribution in [3.63, 3.8) is 0 Å². The fourth-order valence-corrected chi connectivity index (χ4v) is 4.07. The van der Waals surface area contributed by atoms with Gasteiger partial charge in [0, 0.05) is 31.7 Å². The fourth-order valence-electron chi connectivity index (χ4n) is 2.95. The van der Waals surface area contributed by atoms with Gasteiger partial charge in [0.25, 0.3) is 5.91 Å². The van der Waals surface area contributed by atoms with Crippen LogP contribution < -0.4 is 10.2 Å². The van der Waals surface area contributed by atoms with E-state index >= 15 is 0 Å². The largest absolute Gasteiger partial charge is 0.367 e. The number of rotatable bonds is 4. The highest BCUT2D eigenvalue weighted by atomic mass is 35.5. The Morgan fingerprint density at radius 3 is 2.30 bits per heavy atom. The standard InChI is InChI=1S/C18H19Cl2N3O3S/c1-27(25,26)23-10-8-22(9-11-23)17-5-3-2-4-16(17)21-18(24)13-6-7-14(19)15(20)12-13/h2-7,12H,8-11H2,1H3,(H,21,24). The molecular formula is C18H19Cl2N3O3S. The number of piperazine rings is 1. The van der Waals surface area contributed by atoms with Crippen LogP contribution in [0.5, 0.6) is 0 Å². The number of sulfonamides is 1. The molecule has 27 heavy (non-hydrogen) atoms. The van der Waals surface area contributed by atoms with Crippen LogP contribution in [0.3, 0.4) is 0 Å². The van der Waals surface area contributed by atoms with Crippen molar-refractivity contribution in [2.45, 2.75) is 0 Å². The highest BCUT2D eigenvalue weighted by Gasteiger charge is 2.24. The first-order valence-electron chi connectivity index (χ1n) is 8.31. The van der Waals surface area contributed by atoms with Crippen molar-refractivity contribution < 1.29 is 13.2 Å². The molecule has 0 spiro atoms. The number of hydrogen-bond acceptors (Lipinski definition) is 4. The molecule has 3 rings (SSSR count). The molecule has 0 aliphatic carbocycles. The van der Waals surface area contributed by atoms with Gasteiger partial charge in [-0.3, -0.25) is 4.79 Å². The van der Waals surface area contributed by atoms with Crippen LogP contribution >= 0.6 is 23.2 Å². The van der Waals surface area contributed by atoms with E-state index in [-0.39, 0.29) is 5.91 Å². The van der Waals surface area contributed by atoms with Gasteiger partial charge >= 0.3 is 0 Å². The number of carbonyl (C=O) groups is 1. The maximum atomic E-state index is 12.6. The number of anilines is 2. The van der Waals surface area contributed by atoms with Crippen molar-refractivity contribution in [1.82, 2.24) is 4.31 Å². The molecule has 6 nitrogen and oxygen atoms in total. The van der Waals surface area contributed by atoms with Gasteiger partial charge in [-0.05, 0) is 30.3 Å². The monoisotopic (exact) mass is 427 g/mol. The van der Waals surface area contributed by atoms with Gasteiger partial charge in [0.05, 0.1) is 27.7 Å². The average molecular weight is 428 g/mol. The summed E-state index contributed by atoms with van der Waals surface area (Å²) in [6, 6.07) is 12.1. The van der Waals surface area contributed by atoms with E-state index in [4.69, 9.17) is 23.2 Å². The second-order valence-corrected chi connectivity index (χ2v) is 9.05. The summed E-state index contributed by atoms with van der Waals surface area (Å²) < 4.78 is 24.8. The molecule has 9 heteroatoms. The lowest BCUT2D eigenvalue weighted by Gasteiger charge is -2.35. The summed E-state index contributed by atoms with van der Waals surface area (Å²) in [5.41, 5.74) is 1.90. The van der Waals surface area contributed by atoms with Gasteiger partial charge in [-0.1, -0.05) is 35.3 Å². The van der Waals surface area contributed by atoms with Crippen molar-refractivity contribution in [1.29, 1.82) is 0 Å². The van der Waals surface area contributed by atoms with Gasteiger partial charge in [-0.25, -0.2) is 8.42 Å². The van der Waals surface area contributed by atoms with Crippen molar-refractivity contribution in [2.24, 2.45) is 0 Å². The molecule has 1 fully saturated rings. The molecule has 144 valence electrons. The number of nitrogens with one attached hydrogen (secondary N) is 1. The van der Waals surface area contributed by atoms with Crippen molar-refractivity contribution in [2.75, 3.05) is 42.7 Å². The summed E-state index contributed by atoms with van der Waals surface area (Å²) in [4.78, 5) is 14.6. The van der Waals surface area contributed by atoms with E-state index < -0.39 is 10.0 Å². The first kappa shape index (κ1) is 19.9. The predicted molar refractivity (Wildman–Crippen MR) is 109 cm³/mol. The predicted octanol–water partition coefficient (Wildman–Crippen LogP) is 3.33. The maximum Gasteiger partial charge on any atom is 0.255 e. The number of nitrogens with zero attached hydrogens (tertiary/aromatic N) is 2. The summed E-state index contributed by atoms with van der Waals surface area (Å²) in [5, 5.41) is 3.60. The van der Waals surface area contributed by atoms with Crippen LogP contribution in [-0.2, 0) is 10.0 Å². The van der Waals surface area contributed by atoms with Crippen LogP contribution in [0, 0.1) is 0 Å². The molecule has 1 N–H and O–H groups in total. The van der Waals surface area contributed by atoms with Crippen LogP contribution in [0.15, 0.2) is 42.5 Å². The lowest BCUT2D eigenvalue weighted by Crippen LogP contribution is -2.48. The Morgan fingerprint density at radius 2 is 1.67 bits per heavy atom. The minimum atomic E-state index is -3.19. The second kappa shape index (κ2) is 8.06. The molecule has 0 radical (unpaired) electrons. The maximum absolute atomic E-state index is 12.6. The third-order valence-electron chi connectivity index (χ3n) is 4.38. The molecule has 2 aromatic rings. The molecule has 1 aliphatic heterocycles. The molecule has 0 unspecified atom stereocenters. The Balaban J connectivity index is 1.76. The third kappa shape index (κ3) is 4.73. The van der Waals surface area contributed by atoms with Crippen molar-refractivity contribution in [3.8, 4) is 0 Å². The topological polar surface area (TPSA) is 69.7 Å². The van der Waals surface area contributed by atoms with E-state index in [0.717, 1.165) is 5.69 Å². The smallest absolute Gasteiger partial charge is 0.255 e. The minimum absolute atomic E-state index is 0.296. The molecule has 0 atom stereocenters. The van der Waals surface area contributed by atoms with Crippen LogP contribution in [0.1, 0.15) is 10.4 Å². The summed E-state index contributed by atoms with van der Waals surface area (Å²) in [5.74, 6) is -0.296. The van der Waals surface area contributed by atoms with Crippen LogP contribution in [0.4, 0.5) is 11.4 Å². The second-order valence-electron chi connectivity index (χ2n) is 6.25. The minimum Gasteiger partial charge on any atom is -0.367 e. The number of hydrogen-bond donors (Lipinski definition) is 1. The molecular weight excluding hydrogens is 409 g/mol. The Bertz CT molecular complexity index is 958. The van der Waals surface area contributed by atoms with Crippen molar-refractivity contribution >= 4 is 50.5 Å². The molecule has 0 saturated carbocycles. The molecule has 1 aliphatic rings. The van der Waals surface area contributed by atoms with Crippen molar-refractivity contribution in [3.05, 3.63) is 58.1 Å². The molecule has 1 heterocycles. The summed E-state index contributed by atoms with van der Waals surface area (Å²) >= 11 is 11.9. The molecule has 0 aromatic heterocycles. The van der Waals surface area contributed by atoms with E-state index in [1.807, 2.05) is 24.3 Å². The lowest BCUT2D eigenvalue weighted by atomic mass is 10.2. The van der Waals surface area contributed by atoms with E-state index in [9.17, 15) is 13.2 Å². The lowest BCUT2D eigenvalue weighted by molar-refractivity contribution is 0.102. The molecule has 2 aromatic carbocycles. The average Bonchev–Trinajstić information content (AvgIpc) is 2.64. The van der Waals surface area contributed by atoms with Crippen LogP contribution in [0.25, 0.3) is 0 Å². The highest BCUT2D eigenvalue weighted by molar-refractivity contribution is 7.88. The van der Waals surface area contributed by atoms with Gasteiger partial charge < -0.3 is 10.2 Å². The van der Waals surface area contributed by atoms with E-state index in [0.29, 0.717) is 47.5 Å². The Hall–Kier alpha value is -1.80. The third-order valence-corrected chi connectivity index (χ3v) is 6.42. The number of benzene rings is 2. The fraction of sp³-hybridized carbons (Fsp3) is 0.278. The Kier molecular flexibility index (Phi) is 5.95. The zero-order valence-corrected chi connectivity index (χ0v) is 17.0. The summed E-state index contributed by atoms with van der Waals surface area (Å²) in [6.45, 7) is 1.92. The molecule has 0 bridgehead atoms. The number of amides is 1. The normalized spacial score (nSPS) is 15.6. The van der Waals surface area contributed by atoms with E-state index in [1.54, 1.807) is 12.1 Å². The number of para-hydroxylation sites is 2. The van der Waals surface area contributed by atoms with Crippen LogP contribution in [-0.4, -0.2) is 51.1 Å². The van der Waals surface area contributed by atoms with Gasteiger partial charge in [0.15, 0.2) is 0 Å². The van der Waals surface area contributed by atoms with Crippen LogP contribution in [0.2, 0.25) is 10.0 Å². The van der Waals surface area contributed by atoms with E-state index in [1.165, 1.54) is 16.6 Å². The first-order chi connectivity index (χ1) is 12.8. The van der Waals surface area contributed by atoms with Gasteiger partial charge in [0.2, 0.25) is 10.0 Å². The zero-order valence-electron chi connectivity index (χ0n) is 14.7.